The van der Waals surface area contributed by atoms with Crippen molar-refractivity contribution in [2.45, 2.75) is 69.6 Å². The number of carboxylic acids is 1. The van der Waals surface area contributed by atoms with Gasteiger partial charge in [-0.2, -0.15) is 0 Å². The normalized spacial score (nSPS) is 30.0. The molecule has 0 radical (unpaired) electrons. The minimum absolute atomic E-state index is 0.0411. The molecular weight excluding hydrogens is 268 g/mol. The van der Waals surface area contributed by atoms with Crippen molar-refractivity contribution in [1.82, 2.24) is 10.2 Å². The van der Waals surface area contributed by atoms with E-state index in [9.17, 15) is 9.90 Å². The highest BCUT2D eigenvalue weighted by atomic mass is 16.5. The third-order valence-corrected chi connectivity index (χ3v) is 4.95. The van der Waals surface area contributed by atoms with Gasteiger partial charge in [-0.25, -0.2) is 0 Å². The van der Waals surface area contributed by atoms with Crippen LogP contribution in [-0.2, 0) is 9.53 Å². The zero-order valence-corrected chi connectivity index (χ0v) is 13.7. The van der Waals surface area contributed by atoms with Gasteiger partial charge >= 0.3 is 5.97 Å². The number of piperidine rings is 1. The number of hydrogen-bond donors (Lipinski definition) is 2. The molecule has 1 aliphatic carbocycles. The van der Waals surface area contributed by atoms with E-state index in [1.807, 2.05) is 6.92 Å². The second kappa shape index (κ2) is 6.63. The van der Waals surface area contributed by atoms with E-state index in [-0.39, 0.29) is 5.60 Å². The average Bonchev–Trinajstić information content (AvgIpc) is 3.22. The maximum Gasteiger partial charge on any atom is 0.323 e. The van der Waals surface area contributed by atoms with Crippen LogP contribution >= 0.6 is 0 Å². The molecule has 0 amide bonds. The van der Waals surface area contributed by atoms with Crippen LogP contribution in [0.1, 0.15) is 52.4 Å². The molecule has 2 fully saturated rings. The SMILES string of the molecule is COC1(C)CCCN(CCCC(C)(NC2CC2)C(=O)O)C1. The first kappa shape index (κ1) is 16.7. The minimum Gasteiger partial charge on any atom is -0.480 e. The van der Waals surface area contributed by atoms with Crippen molar-refractivity contribution in [3.63, 3.8) is 0 Å². The fourth-order valence-electron chi connectivity index (χ4n) is 3.24. The molecule has 5 heteroatoms. The Morgan fingerprint density at radius 1 is 1.52 bits per heavy atom. The van der Waals surface area contributed by atoms with Crippen molar-refractivity contribution < 1.29 is 14.6 Å². The van der Waals surface area contributed by atoms with Gasteiger partial charge in [-0.05, 0) is 65.5 Å². The van der Waals surface area contributed by atoms with Crippen molar-refractivity contribution in [2.24, 2.45) is 0 Å². The number of ether oxygens (including phenoxy) is 1. The van der Waals surface area contributed by atoms with E-state index in [0.29, 0.717) is 12.5 Å². The lowest BCUT2D eigenvalue weighted by atomic mass is 9.93. The van der Waals surface area contributed by atoms with E-state index < -0.39 is 11.5 Å². The fraction of sp³-hybridized carbons (Fsp3) is 0.938. The van der Waals surface area contributed by atoms with E-state index in [1.54, 1.807) is 7.11 Å². The van der Waals surface area contributed by atoms with Gasteiger partial charge in [0, 0.05) is 19.7 Å². The summed E-state index contributed by atoms with van der Waals surface area (Å²) in [6.07, 6.45) is 6.07. The predicted molar refractivity (Wildman–Crippen MR) is 82.5 cm³/mol. The van der Waals surface area contributed by atoms with Crippen molar-refractivity contribution in [3.05, 3.63) is 0 Å². The lowest BCUT2D eigenvalue weighted by molar-refractivity contribution is -0.144. The van der Waals surface area contributed by atoms with Gasteiger partial charge in [0.15, 0.2) is 0 Å². The Balaban J connectivity index is 1.77. The molecule has 5 nitrogen and oxygen atoms in total. The molecule has 2 atom stereocenters. The molecule has 2 aliphatic rings. The molecule has 0 aromatic rings. The molecule has 2 unspecified atom stereocenters. The minimum atomic E-state index is -0.776. The first-order valence-electron chi connectivity index (χ1n) is 8.15. The molecule has 1 saturated heterocycles. The van der Waals surface area contributed by atoms with Gasteiger partial charge < -0.3 is 14.7 Å². The molecule has 2 rings (SSSR count). The van der Waals surface area contributed by atoms with E-state index in [4.69, 9.17) is 4.74 Å². The predicted octanol–water partition coefficient (Wildman–Crippen LogP) is 1.86. The molecule has 0 aromatic carbocycles. The van der Waals surface area contributed by atoms with Crippen LogP contribution in [-0.4, -0.2) is 59.9 Å². The number of nitrogens with zero attached hydrogens (tertiary/aromatic N) is 1. The van der Waals surface area contributed by atoms with Crippen LogP contribution in [0.3, 0.4) is 0 Å². The number of hydrogen-bond acceptors (Lipinski definition) is 4. The molecular formula is C16H30N2O3. The van der Waals surface area contributed by atoms with Crippen molar-refractivity contribution in [2.75, 3.05) is 26.7 Å². The van der Waals surface area contributed by atoms with Crippen LogP contribution in [0.2, 0.25) is 0 Å². The summed E-state index contributed by atoms with van der Waals surface area (Å²) >= 11 is 0. The Hall–Kier alpha value is -0.650. The number of likely N-dealkylation sites (tertiary alicyclic amines) is 1. The van der Waals surface area contributed by atoms with Crippen molar-refractivity contribution in [3.8, 4) is 0 Å². The Morgan fingerprint density at radius 2 is 2.24 bits per heavy atom. The van der Waals surface area contributed by atoms with Crippen LogP contribution in [0.25, 0.3) is 0 Å². The van der Waals surface area contributed by atoms with E-state index >= 15 is 0 Å². The summed E-state index contributed by atoms with van der Waals surface area (Å²) < 4.78 is 5.61. The zero-order valence-electron chi connectivity index (χ0n) is 13.7. The molecule has 1 heterocycles. The topological polar surface area (TPSA) is 61.8 Å². The van der Waals surface area contributed by atoms with E-state index in [1.165, 1.54) is 0 Å². The number of carbonyl (C=O) groups is 1. The Morgan fingerprint density at radius 3 is 2.81 bits per heavy atom. The Bertz CT molecular complexity index is 373. The van der Waals surface area contributed by atoms with E-state index in [0.717, 1.165) is 51.7 Å². The third kappa shape index (κ3) is 4.66. The van der Waals surface area contributed by atoms with Crippen LogP contribution < -0.4 is 5.32 Å². The molecule has 1 saturated carbocycles. The van der Waals surface area contributed by atoms with Crippen LogP contribution in [0, 0.1) is 0 Å². The monoisotopic (exact) mass is 298 g/mol. The van der Waals surface area contributed by atoms with Gasteiger partial charge in [-0.3, -0.25) is 10.1 Å². The summed E-state index contributed by atoms with van der Waals surface area (Å²) in [5, 5.41) is 12.8. The molecule has 0 spiro atoms. The molecule has 21 heavy (non-hydrogen) atoms. The van der Waals surface area contributed by atoms with Crippen molar-refractivity contribution >= 4 is 5.97 Å². The summed E-state index contributed by atoms with van der Waals surface area (Å²) in [4.78, 5) is 13.9. The smallest absolute Gasteiger partial charge is 0.323 e. The number of methoxy groups -OCH3 is 1. The highest BCUT2D eigenvalue weighted by Gasteiger charge is 2.38. The number of aliphatic carboxylic acids is 1. The summed E-state index contributed by atoms with van der Waals surface area (Å²) in [6.45, 7) is 6.98. The van der Waals surface area contributed by atoms with Crippen LogP contribution in [0.4, 0.5) is 0 Å². The van der Waals surface area contributed by atoms with Gasteiger partial charge in [0.05, 0.1) is 5.60 Å². The average molecular weight is 298 g/mol. The second-order valence-corrected chi connectivity index (χ2v) is 7.19. The van der Waals surface area contributed by atoms with Gasteiger partial charge in [0.25, 0.3) is 0 Å². The lowest BCUT2D eigenvalue weighted by Crippen LogP contribution is -2.51. The number of carboxylic acid groups (broad SMARTS) is 1. The highest BCUT2D eigenvalue weighted by molar-refractivity contribution is 5.78. The van der Waals surface area contributed by atoms with Crippen molar-refractivity contribution in [1.29, 1.82) is 0 Å². The maximum atomic E-state index is 11.5. The van der Waals surface area contributed by atoms with Gasteiger partial charge in [-0.1, -0.05) is 0 Å². The molecule has 1 aliphatic heterocycles. The molecule has 122 valence electrons. The summed E-state index contributed by atoms with van der Waals surface area (Å²) in [6, 6.07) is 0.415. The van der Waals surface area contributed by atoms with Gasteiger partial charge in [0.2, 0.25) is 0 Å². The largest absolute Gasteiger partial charge is 0.480 e. The second-order valence-electron chi connectivity index (χ2n) is 7.19. The zero-order chi connectivity index (χ0) is 15.5. The Labute approximate surface area is 128 Å². The highest BCUT2D eigenvalue weighted by Crippen LogP contribution is 2.27. The summed E-state index contributed by atoms with van der Waals surface area (Å²) in [5.41, 5.74) is -0.817. The quantitative estimate of drug-likeness (QED) is 0.716. The molecule has 0 bridgehead atoms. The molecule has 0 aromatic heterocycles. The lowest BCUT2D eigenvalue weighted by Gasteiger charge is -2.39. The number of rotatable bonds is 8. The first-order chi connectivity index (χ1) is 9.87. The summed E-state index contributed by atoms with van der Waals surface area (Å²) in [5.74, 6) is -0.727. The number of nitrogens with one attached hydrogen (secondary N) is 1. The summed E-state index contributed by atoms with van der Waals surface area (Å²) in [7, 11) is 1.78. The molecule has 2 N–H and O–H groups in total. The third-order valence-electron chi connectivity index (χ3n) is 4.95. The van der Waals surface area contributed by atoms with E-state index in [2.05, 4.69) is 17.1 Å². The first-order valence-corrected chi connectivity index (χ1v) is 8.15. The van der Waals surface area contributed by atoms with Gasteiger partial charge in [0.1, 0.15) is 5.54 Å². The van der Waals surface area contributed by atoms with Gasteiger partial charge in [-0.15, -0.1) is 0 Å². The Kier molecular flexibility index (Phi) is 5.28. The van der Waals surface area contributed by atoms with Crippen LogP contribution in [0.15, 0.2) is 0 Å². The maximum absolute atomic E-state index is 11.5. The fourth-order valence-corrected chi connectivity index (χ4v) is 3.24. The standard InChI is InChI=1S/C16H30N2O3/c1-15(21-3)8-4-10-18(12-15)11-5-9-16(2,14(19)20)17-13-6-7-13/h13,17H,4-12H2,1-3H3,(H,19,20). The van der Waals surface area contributed by atoms with Crippen LogP contribution in [0.5, 0.6) is 0 Å².